The number of amides is 2. The van der Waals surface area contributed by atoms with E-state index in [4.69, 9.17) is 11.6 Å². The highest BCUT2D eigenvalue weighted by atomic mass is 35.5. The predicted molar refractivity (Wildman–Crippen MR) is 73.7 cm³/mol. The number of carbonyl (C=O) groups excluding carboxylic acids is 2. The van der Waals surface area contributed by atoms with E-state index in [0.29, 0.717) is 11.9 Å². The fourth-order valence-corrected chi connectivity index (χ4v) is 1.93. The van der Waals surface area contributed by atoms with Gasteiger partial charge in [0.1, 0.15) is 5.92 Å². The Labute approximate surface area is 128 Å². The lowest BCUT2D eigenvalue weighted by Gasteiger charge is -2.15. The van der Waals surface area contributed by atoms with E-state index in [1.165, 1.54) is 0 Å². The van der Waals surface area contributed by atoms with Crippen LogP contribution in [0.25, 0.3) is 0 Å². The highest BCUT2D eigenvalue weighted by Crippen LogP contribution is 2.25. The molecule has 2 N–H and O–H groups in total. The topological polar surface area (TPSA) is 58.2 Å². The van der Waals surface area contributed by atoms with Crippen molar-refractivity contribution < 1.29 is 22.8 Å². The van der Waals surface area contributed by atoms with Crippen molar-refractivity contribution in [3.05, 3.63) is 29.3 Å². The first-order valence-corrected chi connectivity index (χ1v) is 7.10. The summed E-state index contributed by atoms with van der Waals surface area (Å²) in [6.07, 6.45) is -4.65. The Morgan fingerprint density at radius 3 is 2.33 bits per heavy atom. The van der Waals surface area contributed by atoms with Crippen molar-refractivity contribution in [2.24, 2.45) is 5.92 Å². The van der Waals surface area contributed by atoms with E-state index in [0.717, 1.165) is 16.7 Å². The summed E-state index contributed by atoms with van der Waals surface area (Å²) in [5.74, 6) is -4.17. The Bertz CT molecular complexity index is 508. The molecule has 0 radical (unpaired) electrons. The molecule has 1 aromatic carbocycles. The summed E-state index contributed by atoms with van der Waals surface area (Å²) in [4.78, 5) is 23.3. The van der Waals surface area contributed by atoms with E-state index in [9.17, 15) is 22.8 Å². The third kappa shape index (κ3) is 6.26. The number of benzene rings is 1. The van der Waals surface area contributed by atoms with Crippen molar-refractivity contribution in [3.63, 3.8) is 0 Å². The molecule has 1 aromatic rings. The van der Waals surface area contributed by atoms with Crippen LogP contribution in [0.4, 0.5) is 13.2 Å². The number of alkyl halides is 3. The van der Waals surface area contributed by atoms with Gasteiger partial charge in [-0.3, -0.25) is 20.4 Å². The van der Waals surface area contributed by atoms with Crippen LogP contribution in [0.15, 0.2) is 29.2 Å². The molecule has 0 unspecified atom stereocenters. The average molecular weight is 341 g/mol. The van der Waals surface area contributed by atoms with Gasteiger partial charge in [-0.05, 0) is 31.2 Å². The molecular formula is C12H12ClF3N2O2S. The third-order valence-electron chi connectivity index (χ3n) is 2.39. The van der Waals surface area contributed by atoms with Crippen LogP contribution in [0.5, 0.6) is 0 Å². The third-order valence-corrected chi connectivity index (χ3v) is 3.66. The Morgan fingerprint density at radius 1 is 1.24 bits per heavy atom. The average Bonchev–Trinajstić information content (AvgIpc) is 2.42. The summed E-state index contributed by atoms with van der Waals surface area (Å²) in [5, 5.41) is 0.553. The molecule has 0 aromatic heterocycles. The van der Waals surface area contributed by atoms with Gasteiger partial charge in [0.2, 0.25) is 11.8 Å². The smallest absolute Gasteiger partial charge is 0.273 e. The lowest BCUT2D eigenvalue weighted by Crippen LogP contribution is -2.47. The number of thioether (sulfide) groups is 1. The summed E-state index contributed by atoms with van der Waals surface area (Å²) in [6, 6.07) is 6.69. The van der Waals surface area contributed by atoms with E-state index in [-0.39, 0.29) is 5.75 Å². The van der Waals surface area contributed by atoms with E-state index in [1.807, 2.05) is 5.43 Å². The molecule has 0 saturated heterocycles. The van der Waals surface area contributed by atoms with E-state index in [1.54, 1.807) is 29.7 Å². The van der Waals surface area contributed by atoms with Crippen molar-refractivity contribution in [3.8, 4) is 0 Å². The second-order valence-electron chi connectivity index (χ2n) is 4.04. The maximum Gasteiger partial charge on any atom is 0.400 e. The molecule has 0 bridgehead atoms. The lowest BCUT2D eigenvalue weighted by molar-refractivity contribution is -0.179. The minimum Gasteiger partial charge on any atom is -0.273 e. The fourth-order valence-electron chi connectivity index (χ4n) is 1.10. The van der Waals surface area contributed by atoms with Crippen LogP contribution in [-0.4, -0.2) is 23.7 Å². The summed E-state index contributed by atoms with van der Waals surface area (Å²) in [5.41, 5.74) is 3.67. The summed E-state index contributed by atoms with van der Waals surface area (Å²) < 4.78 is 36.7. The van der Waals surface area contributed by atoms with Gasteiger partial charge >= 0.3 is 6.18 Å². The number of hydrogen-bond donors (Lipinski definition) is 2. The summed E-state index contributed by atoms with van der Waals surface area (Å²) >= 11 is 6.86. The molecule has 0 aliphatic rings. The van der Waals surface area contributed by atoms with Gasteiger partial charge in [0.15, 0.2) is 0 Å². The van der Waals surface area contributed by atoms with Crippen molar-refractivity contribution >= 4 is 35.2 Å². The normalized spacial score (nSPS) is 12.6. The van der Waals surface area contributed by atoms with Gasteiger partial charge in [-0.2, -0.15) is 13.2 Å². The number of rotatable bonds is 4. The van der Waals surface area contributed by atoms with Crippen LogP contribution in [0.2, 0.25) is 5.02 Å². The minimum absolute atomic E-state index is 0.0533. The van der Waals surface area contributed by atoms with E-state index >= 15 is 0 Å². The van der Waals surface area contributed by atoms with Crippen molar-refractivity contribution in [2.45, 2.75) is 18.0 Å². The lowest BCUT2D eigenvalue weighted by atomic mass is 10.1. The SMILES string of the molecule is C[C@@H](C(=O)NNC(=O)CSc1ccc(Cl)cc1)C(F)(F)F. The van der Waals surface area contributed by atoms with E-state index < -0.39 is 23.9 Å². The minimum atomic E-state index is -4.65. The van der Waals surface area contributed by atoms with Crippen molar-refractivity contribution in [2.75, 3.05) is 5.75 Å². The molecule has 0 heterocycles. The molecule has 0 saturated carbocycles. The number of hydrogen-bond acceptors (Lipinski definition) is 3. The molecule has 1 rings (SSSR count). The second-order valence-corrected chi connectivity index (χ2v) is 5.53. The molecule has 2 amide bonds. The molecule has 9 heteroatoms. The van der Waals surface area contributed by atoms with E-state index in [2.05, 4.69) is 0 Å². The maximum absolute atomic E-state index is 12.2. The van der Waals surface area contributed by atoms with Crippen LogP contribution < -0.4 is 10.9 Å². The Hall–Kier alpha value is -1.41. The van der Waals surface area contributed by atoms with Crippen LogP contribution in [0.3, 0.4) is 0 Å². The fraction of sp³-hybridized carbons (Fsp3) is 0.333. The predicted octanol–water partition coefficient (Wildman–Crippen LogP) is 2.78. The van der Waals surface area contributed by atoms with Gasteiger partial charge in [-0.25, -0.2) is 0 Å². The quantitative estimate of drug-likeness (QED) is 0.654. The standard InChI is InChI=1S/C12H12ClF3N2O2S/c1-7(12(14,15)16)11(20)18-17-10(19)6-21-9-4-2-8(13)3-5-9/h2-5,7H,6H2,1H3,(H,17,19)(H,18,20)/t7-/m0/s1. The van der Waals surface area contributed by atoms with Gasteiger partial charge in [0.05, 0.1) is 5.75 Å². The van der Waals surface area contributed by atoms with Gasteiger partial charge < -0.3 is 0 Å². The summed E-state index contributed by atoms with van der Waals surface area (Å²) in [6.45, 7) is 0.712. The van der Waals surface area contributed by atoms with Crippen molar-refractivity contribution in [1.82, 2.24) is 10.9 Å². The Balaban J connectivity index is 2.34. The second kappa shape index (κ2) is 7.56. The monoisotopic (exact) mass is 340 g/mol. The highest BCUT2D eigenvalue weighted by molar-refractivity contribution is 8.00. The number of halogens is 4. The molecule has 21 heavy (non-hydrogen) atoms. The first-order valence-electron chi connectivity index (χ1n) is 5.74. The number of hydrazine groups is 1. The first-order chi connectivity index (χ1) is 9.70. The van der Waals surface area contributed by atoms with Crippen LogP contribution in [0, 0.1) is 5.92 Å². The van der Waals surface area contributed by atoms with Gasteiger partial charge in [-0.1, -0.05) is 11.6 Å². The summed E-state index contributed by atoms with van der Waals surface area (Å²) in [7, 11) is 0. The van der Waals surface area contributed by atoms with Gasteiger partial charge in [0.25, 0.3) is 0 Å². The zero-order valence-electron chi connectivity index (χ0n) is 10.8. The first kappa shape index (κ1) is 17.6. The van der Waals surface area contributed by atoms with Crippen LogP contribution >= 0.6 is 23.4 Å². The molecule has 0 aliphatic heterocycles. The largest absolute Gasteiger partial charge is 0.400 e. The molecule has 0 fully saturated rings. The maximum atomic E-state index is 12.2. The molecule has 116 valence electrons. The highest BCUT2D eigenvalue weighted by Gasteiger charge is 2.41. The molecule has 1 atom stereocenters. The Morgan fingerprint density at radius 2 is 1.81 bits per heavy atom. The van der Waals surface area contributed by atoms with Gasteiger partial charge in [0, 0.05) is 9.92 Å². The molecule has 0 aliphatic carbocycles. The van der Waals surface area contributed by atoms with Crippen LogP contribution in [0.1, 0.15) is 6.92 Å². The zero-order chi connectivity index (χ0) is 16.0. The zero-order valence-corrected chi connectivity index (χ0v) is 12.4. The number of carbonyl (C=O) groups is 2. The molecule has 4 nitrogen and oxygen atoms in total. The molecule has 0 spiro atoms. The van der Waals surface area contributed by atoms with Crippen molar-refractivity contribution in [1.29, 1.82) is 0 Å². The molecular weight excluding hydrogens is 329 g/mol. The Kier molecular flexibility index (Phi) is 6.35. The van der Waals surface area contributed by atoms with Crippen LogP contribution in [-0.2, 0) is 9.59 Å². The number of nitrogens with one attached hydrogen (secondary N) is 2. The van der Waals surface area contributed by atoms with Gasteiger partial charge in [-0.15, -0.1) is 11.8 Å².